The number of hydrogen-bond acceptors (Lipinski definition) is 2. The Balaban J connectivity index is 2.07. The van der Waals surface area contributed by atoms with Gasteiger partial charge in [0.05, 0.1) is 5.69 Å². The minimum absolute atomic E-state index is 0.0756. The largest absolute Gasteiger partial charge is 0.490 e. The first kappa shape index (κ1) is 14.7. The second-order valence-corrected chi connectivity index (χ2v) is 4.20. The van der Waals surface area contributed by atoms with Gasteiger partial charge in [-0.3, -0.25) is 4.79 Å². The predicted octanol–water partition coefficient (Wildman–Crippen LogP) is 3.78. The van der Waals surface area contributed by atoms with E-state index in [1.54, 1.807) is 30.3 Å². The highest BCUT2D eigenvalue weighted by Gasteiger charge is 2.10. The molecule has 2 rings (SSSR count). The summed E-state index contributed by atoms with van der Waals surface area (Å²) in [6.45, 7) is 3.90. The van der Waals surface area contributed by atoms with Crippen LogP contribution in [0.4, 0.5) is 14.5 Å². The highest BCUT2D eigenvalue weighted by atomic mass is 19.1. The lowest BCUT2D eigenvalue weighted by molar-refractivity contribution is 0.102. The van der Waals surface area contributed by atoms with Crippen LogP contribution in [-0.4, -0.2) is 12.5 Å². The molecule has 0 radical (unpaired) electrons. The summed E-state index contributed by atoms with van der Waals surface area (Å²) in [7, 11) is 0. The summed E-state index contributed by atoms with van der Waals surface area (Å²) < 4.78 is 31.5. The first-order valence-corrected chi connectivity index (χ1v) is 6.20. The third-order valence-corrected chi connectivity index (χ3v) is 2.66. The van der Waals surface area contributed by atoms with E-state index in [9.17, 15) is 13.6 Å². The molecule has 0 aliphatic heterocycles. The number of nitrogens with one attached hydrogen (secondary N) is 1. The molecule has 0 aromatic heterocycles. The third-order valence-electron chi connectivity index (χ3n) is 2.66. The lowest BCUT2D eigenvalue weighted by Gasteiger charge is -2.07. The molecule has 3 nitrogen and oxygen atoms in total. The average molecular weight is 289 g/mol. The minimum atomic E-state index is -0.825. The van der Waals surface area contributed by atoms with Crippen LogP contribution in [0.15, 0.2) is 55.1 Å². The monoisotopic (exact) mass is 289 g/mol. The van der Waals surface area contributed by atoms with E-state index >= 15 is 0 Å². The standard InChI is InChI=1S/C16H13F2NO2/c1-2-9-21-13-6-3-11(4-7-13)16(20)19-15-8-5-12(17)10-14(15)18/h2-8,10H,1,9H2,(H,19,20). The van der Waals surface area contributed by atoms with Crippen LogP contribution in [0.3, 0.4) is 0 Å². The second kappa shape index (κ2) is 6.65. The van der Waals surface area contributed by atoms with Crippen molar-refractivity contribution in [3.05, 3.63) is 72.3 Å². The van der Waals surface area contributed by atoms with Gasteiger partial charge in [-0.1, -0.05) is 12.7 Å². The molecule has 0 unspecified atom stereocenters. The van der Waals surface area contributed by atoms with Crippen LogP contribution < -0.4 is 10.1 Å². The molecule has 1 N–H and O–H groups in total. The van der Waals surface area contributed by atoms with Crippen molar-refractivity contribution in [1.29, 1.82) is 0 Å². The van der Waals surface area contributed by atoms with Crippen molar-refractivity contribution < 1.29 is 18.3 Å². The Labute approximate surface area is 120 Å². The third kappa shape index (κ3) is 3.89. The van der Waals surface area contributed by atoms with Crippen molar-refractivity contribution in [2.24, 2.45) is 0 Å². The van der Waals surface area contributed by atoms with E-state index < -0.39 is 17.5 Å². The number of benzene rings is 2. The summed E-state index contributed by atoms with van der Waals surface area (Å²) in [5.74, 6) is -1.42. The molecule has 0 saturated carbocycles. The van der Waals surface area contributed by atoms with Crippen molar-refractivity contribution in [3.8, 4) is 5.75 Å². The zero-order chi connectivity index (χ0) is 15.2. The molecular formula is C16H13F2NO2. The summed E-state index contributed by atoms with van der Waals surface area (Å²) >= 11 is 0. The maximum absolute atomic E-state index is 13.4. The molecule has 0 bridgehead atoms. The Hall–Kier alpha value is -2.69. The van der Waals surface area contributed by atoms with Gasteiger partial charge in [0.25, 0.3) is 5.91 Å². The molecule has 0 aliphatic carbocycles. The Morgan fingerprint density at radius 2 is 1.90 bits per heavy atom. The van der Waals surface area contributed by atoms with Gasteiger partial charge in [0.1, 0.15) is 24.0 Å². The van der Waals surface area contributed by atoms with Crippen LogP contribution in [-0.2, 0) is 0 Å². The summed E-state index contributed by atoms with van der Waals surface area (Å²) in [5, 5.41) is 2.38. The van der Waals surface area contributed by atoms with Crippen molar-refractivity contribution in [1.82, 2.24) is 0 Å². The van der Waals surface area contributed by atoms with Crippen LogP contribution >= 0.6 is 0 Å². The number of anilines is 1. The Morgan fingerprint density at radius 1 is 1.19 bits per heavy atom. The molecule has 0 heterocycles. The van der Waals surface area contributed by atoms with Gasteiger partial charge in [-0.05, 0) is 36.4 Å². The van der Waals surface area contributed by atoms with Gasteiger partial charge in [0.2, 0.25) is 0 Å². The molecule has 108 valence electrons. The lowest BCUT2D eigenvalue weighted by Crippen LogP contribution is -2.13. The number of rotatable bonds is 5. The highest BCUT2D eigenvalue weighted by Crippen LogP contribution is 2.17. The minimum Gasteiger partial charge on any atom is -0.490 e. The van der Waals surface area contributed by atoms with Crippen molar-refractivity contribution in [3.63, 3.8) is 0 Å². The Kier molecular flexibility index (Phi) is 4.66. The average Bonchev–Trinajstić information content (AvgIpc) is 2.48. The van der Waals surface area contributed by atoms with E-state index in [4.69, 9.17) is 4.74 Å². The Morgan fingerprint density at radius 3 is 2.52 bits per heavy atom. The van der Waals surface area contributed by atoms with E-state index in [-0.39, 0.29) is 5.69 Å². The quantitative estimate of drug-likeness (QED) is 0.851. The summed E-state index contributed by atoms with van der Waals surface area (Å²) in [4.78, 5) is 11.9. The van der Waals surface area contributed by atoms with Gasteiger partial charge in [-0.15, -0.1) is 0 Å². The molecule has 5 heteroatoms. The summed E-state index contributed by atoms with van der Waals surface area (Å²) in [5.41, 5.74) is 0.262. The molecular weight excluding hydrogens is 276 g/mol. The van der Waals surface area contributed by atoms with Crippen LogP contribution in [0.2, 0.25) is 0 Å². The van der Waals surface area contributed by atoms with Gasteiger partial charge in [0, 0.05) is 11.6 Å². The van der Waals surface area contributed by atoms with Crippen LogP contribution in [0.1, 0.15) is 10.4 Å². The fourth-order valence-electron chi connectivity index (χ4n) is 1.64. The molecule has 2 aromatic rings. The molecule has 0 saturated heterocycles. The maximum Gasteiger partial charge on any atom is 0.255 e. The Bertz CT molecular complexity index is 654. The molecule has 2 aromatic carbocycles. The van der Waals surface area contributed by atoms with Gasteiger partial charge in [-0.25, -0.2) is 8.78 Å². The number of ether oxygens (including phenoxy) is 1. The van der Waals surface area contributed by atoms with E-state index in [1.165, 1.54) is 6.07 Å². The first-order chi connectivity index (χ1) is 10.1. The molecule has 0 aliphatic rings. The first-order valence-electron chi connectivity index (χ1n) is 6.20. The second-order valence-electron chi connectivity index (χ2n) is 4.20. The van der Waals surface area contributed by atoms with Crippen molar-refractivity contribution >= 4 is 11.6 Å². The number of halogens is 2. The molecule has 1 amide bonds. The number of hydrogen-bond donors (Lipinski definition) is 1. The van der Waals surface area contributed by atoms with Gasteiger partial charge < -0.3 is 10.1 Å². The van der Waals surface area contributed by atoms with Gasteiger partial charge >= 0.3 is 0 Å². The SMILES string of the molecule is C=CCOc1ccc(C(=O)Nc2ccc(F)cc2F)cc1. The number of carbonyl (C=O) groups is 1. The summed E-state index contributed by atoms with van der Waals surface area (Å²) in [6.07, 6.45) is 1.61. The van der Waals surface area contributed by atoms with Crippen LogP contribution in [0, 0.1) is 11.6 Å². The van der Waals surface area contributed by atoms with Gasteiger partial charge in [0.15, 0.2) is 0 Å². The molecule has 0 atom stereocenters. The number of carbonyl (C=O) groups excluding carboxylic acids is 1. The highest BCUT2D eigenvalue weighted by molar-refractivity contribution is 6.04. The normalized spacial score (nSPS) is 10.0. The van der Waals surface area contributed by atoms with E-state index in [0.717, 1.165) is 6.07 Å². The van der Waals surface area contributed by atoms with E-state index in [2.05, 4.69) is 11.9 Å². The zero-order valence-corrected chi connectivity index (χ0v) is 11.1. The van der Waals surface area contributed by atoms with E-state index in [0.29, 0.717) is 24.0 Å². The fraction of sp³-hybridized carbons (Fsp3) is 0.0625. The van der Waals surface area contributed by atoms with Crippen molar-refractivity contribution in [2.75, 3.05) is 11.9 Å². The fourth-order valence-corrected chi connectivity index (χ4v) is 1.64. The molecule has 21 heavy (non-hydrogen) atoms. The van der Waals surface area contributed by atoms with Gasteiger partial charge in [-0.2, -0.15) is 0 Å². The zero-order valence-electron chi connectivity index (χ0n) is 11.1. The number of amides is 1. The molecule has 0 spiro atoms. The predicted molar refractivity (Wildman–Crippen MR) is 76.4 cm³/mol. The van der Waals surface area contributed by atoms with Crippen LogP contribution in [0.25, 0.3) is 0 Å². The summed E-state index contributed by atoms with van der Waals surface area (Å²) in [6, 6.07) is 9.31. The topological polar surface area (TPSA) is 38.3 Å². The maximum atomic E-state index is 13.4. The molecule has 0 fully saturated rings. The van der Waals surface area contributed by atoms with Crippen LogP contribution in [0.5, 0.6) is 5.75 Å². The lowest BCUT2D eigenvalue weighted by atomic mass is 10.2. The smallest absolute Gasteiger partial charge is 0.255 e. The van der Waals surface area contributed by atoms with Crippen molar-refractivity contribution in [2.45, 2.75) is 0 Å². The van der Waals surface area contributed by atoms with E-state index in [1.807, 2.05) is 0 Å².